The van der Waals surface area contributed by atoms with Gasteiger partial charge in [-0.2, -0.15) is 0 Å². The first kappa shape index (κ1) is 24.7. The maximum absolute atomic E-state index is 5.39. The summed E-state index contributed by atoms with van der Waals surface area (Å²) in [6.45, 7) is 0. The number of hydrogen-bond acceptors (Lipinski definition) is 2. The molecule has 12 rings (SSSR count). The summed E-state index contributed by atoms with van der Waals surface area (Å²) < 4.78 is 4.91. The molecular formula is C44H24N4. The molecule has 0 spiro atoms. The van der Waals surface area contributed by atoms with Crippen molar-refractivity contribution in [2.75, 3.05) is 0 Å². The summed E-state index contributed by atoms with van der Waals surface area (Å²) in [6, 6.07) is 52.6. The Balaban J connectivity index is 1.37. The molecule has 0 aliphatic rings. The van der Waals surface area contributed by atoms with Crippen molar-refractivity contribution in [3.8, 4) is 17.1 Å². The summed E-state index contributed by atoms with van der Waals surface area (Å²) in [4.78, 5) is 10.7. The molecular weight excluding hydrogens is 585 g/mol. The van der Waals surface area contributed by atoms with Crippen molar-refractivity contribution in [2.45, 2.75) is 0 Å². The summed E-state index contributed by atoms with van der Waals surface area (Å²) in [6.07, 6.45) is 0. The monoisotopic (exact) mass is 608 g/mol. The van der Waals surface area contributed by atoms with E-state index in [-0.39, 0.29) is 0 Å². The van der Waals surface area contributed by atoms with Crippen molar-refractivity contribution in [2.24, 2.45) is 0 Å². The summed E-state index contributed by atoms with van der Waals surface area (Å²) in [5.41, 5.74) is 9.67. The van der Waals surface area contributed by atoms with E-state index in [0.29, 0.717) is 0 Å². The first-order valence-corrected chi connectivity index (χ1v) is 16.4. The third-order valence-corrected chi connectivity index (χ3v) is 10.5. The van der Waals surface area contributed by atoms with E-state index in [2.05, 4.69) is 142 Å². The summed E-state index contributed by atoms with van der Waals surface area (Å²) in [7, 11) is 0. The predicted octanol–water partition coefficient (Wildman–Crippen LogP) is 11.3. The summed E-state index contributed by atoms with van der Waals surface area (Å²) in [5.74, 6) is 0.843. The topological polar surface area (TPSA) is 35.1 Å². The lowest BCUT2D eigenvalue weighted by Gasteiger charge is -2.14. The van der Waals surface area contributed by atoms with Gasteiger partial charge in [0, 0.05) is 37.9 Å². The lowest BCUT2D eigenvalue weighted by molar-refractivity contribution is 1.08. The van der Waals surface area contributed by atoms with Gasteiger partial charge < -0.3 is 4.40 Å². The van der Waals surface area contributed by atoms with Gasteiger partial charge in [0.1, 0.15) is 5.69 Å². The van der Waals surface area contributed by atoms with Crippen LogP contribution in [0.4, 0.5) is 0 Å². The molecule has 0 amide bonds. The third kappa shape index (κ3) is 2.96. The highest BCUT2D eigenvalue weighted by molar-refractivity contribution is 6.38. The first-order chi connectivity index (χ1) is 23.8. The van der Waals surface area contributed by atoms with Gasteiger partial charge in [0.15, 0.2) is 5.82 Å². The highest BCUT2D eigenvalue weighted by Gasteiger charge is 2.26. The van der Waals surface area contributed by atoms with E-state index in [9.17, 15) is 0 Å². The van der Waals surface area contributed by atoms with Gasteiger partial charge in [0.2, 0.25) is 0 Å². The number of nitrogens with zero attached hydrogens (tertiary/aromatic N) is 4. The minimum absolute atomic E-state index is 0.843. The van der Waals surface area contributed by atoms with E-state index in [1.54, 1.807) is 0 Å². The van der Waals surface area contributed by atoms with Crippen LogP contribution in [0.15, 0.2) is 146 Å². The number of para-hydroxylation sites is 2. The summed E-state index contributed by atoms with van der Waals surface area (Å²) in [5, 5.41) is 12.6. The molecule has 0 saturated heterocycles. The normalized spacial score (nSPS) is 12.6. The van der Waals surface area contributed by atoms with Crippen LogP contribution in [-0.4, -0.2) is 18.9 Å². The Morgan fingerprint density at radius 1 is 0.396 bits per heavy atom. The molecule has 0 aliphatic carbocycles. The van der Waals surface area contributed by atoms with E-state index in [0.717, 1.165) is 39.1 Å². The fourth-order valence-corrected chi connectivity index (χ4v) is 8.55. The fraction of sp³-hybridized carbons (Fsp3) is 0. The van der Waals surface area contributed by atoms with Crippen LogP contribution < -0.4 is 0 Å². The number of rotatable bonds is 2. The van der Waals surface area contributed by atoms with Crippen molar-refractivity contribution >= 4 is 92.5 Å². The zero-order valence-electron chi connectivity index (χ0n) is 25.6. The standard InChI is InChI=1S/C44H24N4/c1-2-9-27(10-3-1)42-44(46-33-15-7-6-14-32(33)45-42)48-35-21-18-25-13-8-16-34-38(25)40(35)41-36(48)22-19-26-17-20-30-31-23-28-11-4-5-12-29(28)24-37(31)47(34)43(30)39(26)41/h1-24H. The zero-order valence-corrected chi connectivity index (χ0v) is 25.6. The van der Waals surface area contributed by atoms with Gasteiger partial charge in [-0.1, -0.05) is 103 Å². The number of aromatic nitrogens is 4. The molecule has 8 aromatic carbocycles. The average Bonchev–Trinajstić information content (AvgIpc) is 3.61. The number of fused-ring (bicyclic) bond motifs is 6. The molecule has 0 bridgehead atoms. The highest BCUT2D eigenvalue weighted by Crippen LogP contribution is 2.48. The van der Waals surface area contributed by atoms with Gasteiger partial charge in [0.05, 0.1) is 38.6 Å². The quantitative estimate of drug-likeness (QED) is 0.196. The Hall–Kier alpha value is -6.52. The fourth-order valence-electron chi connectivity index (χ4n) is 8.55. The van der Waals surface area contributed by atoms with Crippen molar-refractivity contribution in [3.63, 3.8) is 0 Å². The second kappa shape index (κ2) is 8.64. The molecule has 4 aromatic heterocycles. The van der Waals surface area contributed by atoms with Gasteiger partial charge >= 0.3 is 0 Å². The second-order valence-corrected chi connectivity index (χ2v) is 13.0. The van der Waals surface area contributed by atoms with Gasteiger partial charge in [0.25, 0.3) is 0 Å². The molecule has 48 heavy (non-hydrogen) atoms. The molecule has 0 radical (unpaired) electrons. The Morgan fingerprint density at radius 3 is 1.85 bits per heavy atom. The van der Waals surface area contributed by atoms with Crippen LogP contribution in [0.1, 0.15) is 0 Å². The molecule has 0 fully saturated rings. The third-order valence-electron chi connectivity index (χ3n) is 10.5. The molecule has 0 saturated carbocycles. The van der Waals surface area contributed by atoms with Gasteiger partial charge in [-0.05, 0) is 64.0 Å². The first-order valence-electron chi connectivity index (χ1n) is 16.4. The van der Waals surface area contributed by atoms with Crippen LogP contribution in [0.3, 0.4) is 0 Å². The lowest BCUT2D eigenvalue weighted by Crippen LogP contribution is -2.03. The molecule has 0 unspecified atom stereocenters. The van der Waals surface area contributed by atoms with Crippen molar-refractivity contribution < 1.29 is 0 Å². The van der Waals surface area contributed by atoms with Crippen molar-refractivity contribution in [1.82, 2.24) is 18.9 Å². The van der Waals surface area contributed by atoms with Crippen LogP contribution in [0.2, 0.25) is 0 Å². The van der Waals surface area contributed by atoms with Gasteiger partial charge in [-0.15, -0.1) is 0 Å². The molecule has 4 heterocycles. The Labute approximate surface area is 273 Å². The van der Waals surface area contributed by atoms with E-state index < -0.39 is 0 Å². The molecule has 220 valence electrons. The Kier molecular flexibility index (Phi) is 4.44. The average molecular weight is 609 g/mol. The smallest absolute Gasteiger partial charge is 0.165 e. The SMILES string of the molecule is c1ccc(-c2nc3ccccc3nc2-n2c3ccc4cccc5c4c3c3c4c(ccc6c7cc8ccccc8cc7n5c64)ccc32)cc1. The maximum atomic E-state index is 5.39. The van der Waals surface area contributed by atoms with E-state index >= 15 is 0 Å². The number of hydrogen-bond donors (Lipinski definition) is 0. The van der Waals surface area contributed by atoms with Crippen LogP contribution in [-0.2, 0) is 0 Å². The van der Waals surface area contributed by atoms with Crippen LogP contribution >= 0.6 is 0 Å². The van der Waals surface area contributed by atoms with Crippen LogP contribution in [0, 0.1) is 0 Å². The highest BCUT2D eigenvalue weighted by atomic mass is 15.1. The van der Waals surface area contributed by atoms with Gasteiger partial charge in [-0.3, -0.25) is 4.57 Å². The largest absolute Gasteiger partial charge is 0.308 e. The Bertz CT molecular complexity index is 3280. The number of benzene rings is 8. The molecule has 0 N–H and O–H groups in total. The minimum Gasteiger partial charge on any atom is -0.308 e. The van der Waals surface area contributed by atoms with E-state index in [1.807, 2.05) is 12.1 Å². The Morgan fingerprint density at radius 2 is 1.04 bits per heavy atom. The van der Waals surface area contributed by atoms with E-state index in [4.69, 9.17) is 9.97 Å². The van der Waals surface area contributed by atoms with Crippen molar-refractivity contribution in [1.29, 1.82) is 0 Å². The van der Waals surface area contributed by atoms with Crippen molar-refractivity contribution in [3.05, 3.63) is 146 Å². The summed E-state index contributed by atoms with van der Waals surface area (Å²) >= 11 is 0. The second-order valence-electron chi connectivity index (χ2n) is 13.0. The molecule has 0 atom stereocenters. The maximum Gasteiger partial charge on any atom is 0.165 e. The molecule has 0 aliphatic heterocycles. The molecule has 12 aromatic rings. The van der Waals surface area contributed by atoms with Crippen LogP contribution in [0.5, 0.6) is 0 Å². The molecule has 4 nitrogen and oxygen atoms in total. The minimum atomic E-state index is 0.843. The predicted molar refractivity (Wildman–Crippen MR) is 200 cm³/mol. The van der Waals surface area contributed by atoms with E-state index in [1.165, 1.54) is 70.4 Å². The lowest BCUT2D eigenvalue weighted by atomic mass is 9.98. The van der Waals surface area contributed by atoms with Crippen LogP contribution in [0.25, 0.3) is 110 Å². The molecule has 4 heteroatoms. The zero-order chi connectivity index (χ0) is 31.1. The van der Waals surface area contributed by atoms with Gasteiger partial charge in [-0.25, -0.2) is 9.97 Å².